The fourth-order valence-corrected chi connectivity index (χ4v) is 5.39. The van der Waals surface area contributed by atoms with E-state index < -0.39 is 44.5 Å². The summed E-state index contributed by atoms with van der Waals surface area (Å²) in [6.07, 6.45) is 3.64. The molecule has 1 N–H and O–H groups in total. The second kappa shape index (κ2) is 11.1. The Hall–Kier alpha value is -3.15. The van der Waals surface area contributed by atoms with Gasteiger partial charge in [-0.15, -0.1) is 0 Å². The second-order valence-corrected chi connectivity index (χ2v) is 9.84. The van der Waals surface area contributed by atoms with Crippen molar-refractivity contribution in [3.8, 4) is 11.5 Å². The summed E-state index contributed by atoms with van der Waals surface area (Å²) in [5, 5.41) is 11.0. The molecule has 0 saturated heterocycles. The average molecular weight is 525 g/mol. The van der Waals surface area contributed by atoms with Crippen LogP contribution in [0.1, 0.15) is 24.8 Å². The molecular weight excluding hydrogens is 500 g/mol. The van der Waals surface area contributed by atoms with Crippen molar-refractivity contribution in [1.29, 1.82) is 0 Å². The summed E-state index contributed by atoms with van der Waals surface area (Å²) in [4.78, 5) is 23.1. The van der Waals surface area contributed by atoms with Crippen molar-refractivity contribution in [1.82, 2.24) is 4.72 Å². The van der Waals surface area contributed by atoms with Gasteiger partial charge in [0.05, 0.1) is 36.6 Å². The second-order valence-electron chi connectivity index (χ2n) is 7.72. The largest absolute Gasteiger partial charge is 0.497 e. The molecule has 0 radical (unpaired) electrons. The van der Waals surface area contributed by atoms with Gasteiger partial charge in [0, 0.05) is 17.7 Å². The lowest BCUT2D eigenvalue weighted by Gasteiger charge is -2.24. The van der Waals surface area contributed by atoms with Gasteiger partial charge in [0.15, 0.2) is 0 Å². The minimum Gasteiger partial charge on any atom is -0.497 e. The first-order valence-electron chi connectivity index (χ1n) is 10.6. The molecule has 188 valence electrons. The van der Waals surface area contributed by atoms with Crippen LogP contribution in [0.2, 0.25) is 5.02 Å². The van der Waals surface area contributed by atoms with Crippen molar-refractivity contribution in [2.45, 2.75) is 30.2 Å². The first-order valence-corrected chi connectivity index (χ1v) is 12.5. The number of sulfonamides is 1. The van der Waals surface area contributed by atoms with Crippen LogP contribution in [0, 0.1) is 16.0 Å². The van der Waals surface area contributed by atoms with E-state index in [1.807, 2.05) is 0 Å². The number of nitro benzene ring substituents is 1. The molecule has 0 unspecified atom stereocenters. The highest BCUT2D eigenvalue weighted by molar-refractivity contribution is 7.89. The molecule has 1 aliphatic carbocycles. The zero-order chi connectivity index (χ0) is 25.8. The van der Waals surface area contributed by atoms with Crippen LogP contribution >= 0.6 is 11.6 Å². The fraction of sp³-hybridized carbons (Fsp3) is 0.348. The predicted octanol–water partition coefficient (Wildman–Crippen LogP) is 3.84. The summed E-state index contributed by atoms with van der Waals surface area (Å²) in [6, 6.07) is 7.68. The van der Waals surface area contributed by atoms with E-state index >= 15 is 0 Å². The Morgan fingerprint density at radius 3 is 2.57 bits per heavy atom. The first kappa shape index (κ1) is 26.5. The minimum absolute atomic E-state index is 0.167. The molecule has 0 aliphatic heterocycles. The van der Waals surface area contributed by atoms with Gasteiger partial charge >= 0.3 is 5.97 Å². The molecule has 3 atom stereocenters. The van der Waals surface area contributed by atoms with E-state index in [9.17, 15) is 23.3 Å². The molecule has 12 heteroatoms. The van der Waals surface area contributed by atoms with Crippen LogP contribution in [0.3, 0.4) is 0 Å². The average Bonchev–Trinajstić information content (AvgIpc) is 3.26. The maximum absolute atomic E-state index is 13.0. The van der Waals surface area contributed by atoms with E-state index in [0.29, 0.717) is 17.1 Å². The van der Waals surface area contributed by atoms with Crippen LogP contribution in [0.15, 0.2) is 53.4 Å². The van der Waals surface area contributed by atoms with E-state index in [-0.39, 0.29) is 22.9 Å². The van der Waals surface area contributed by atoms with Crippen LogP contribution in [-0.4, -0.2) is 46.2 Å². The number of allylic oxidation sites excluding steroid dienone is 1. The van der Waals surface area contributed by atoms with Crippen LogP contribution < -0.4 is 14.2 Å². The monoisotopic (exact) mass is 524 g/mol. The molecule has 0 saturated carbocycles. The fourth-order valence-electron chi connectivity index (χ4n) is 3.98. The van der Waals surface area contributed by atoms with E-state index in [1.165, 1.54) is 20.3 Å². The number of nitro groups is 1. The Morgan fingerprint density at radius 2 is 1.94 bits per heavy atom. The summed E-state index contributed by atoms with van der Waals surface area (Å²) >= 11 is 5.79. The Morgan fingerprint density at radius 1 is 1.20 bits per heavy atom. The number of benzene rings is 2. The number of carbonyl (C=O) groups is 1. The number of hydrogen-bond donors (Lipinski definition) is 1. The number of rotatable bonds is 10. The number of ether oxygens (including phenoxy) is 3. The van der Waals surface area contributed by atoms with Gasteiger partial charge in [0.2, 0.25) is 10.0 Å². The number of hydrogen-bond acceptors (Lipinski definition) is 8. The zero-order valence-corrected chi connectivity index (χ0v) is 20.8. The SMILES string of the molecule is CCOC(=O)[C@H](c1cc(OC)ccc1OC)[C@@H]1C=C[C@@H](NS(=O)(=O)c2ccc(Cl)c([N+](=O)[O-])c2)C1. The molecule has 0 amide bonds. The van der Waals surface area contributed by atoms with Crippen LogP contribution in [0.25, 0.3) is 0 Å². The summed E-state index contributed by atoms with van der Waals surface area (Å²) in [7, 11) is -1.12. The number of halogens is 1. The van der Waals surface area contributed by atoms with Crippen molar-refractivity contribution in [3.05, 3.63) is 69.3 Å². The van der Waals surface area contributed by atoms with Crippen LogP contribution in [0.4, 0.5) is 5.69 Å². The van der Waals surface area contributed by atoms with Gasteiger partial charge in [-0.3, -0.25) is 14.9 Å². The number of nitrogens with zero attached hydrogens (tertiary/aromatic N) is 1. The smallest absolute Gasteiger partial charge is 0.314 e. The Labute approximate surface area is 208 Å². The maximum atomic E-state index is 13.0. The maximum Gasteiger partial charge on any atom is 0.314 e. The van der Waals surface area contributed by atoms with Gasteiger partial charge in [0.25, 0.3) is 5.69 Å². The minimum atomic E-state index is -4.11. The van der Waals surface area contributed by atoms with Gasteiger partial charge in [-0.05, 0) is 49.6 Å². The standard InChI is InChI=1S/C23H25ClN2O8S/c1-4-34-23(27)22(18-12-16(32-2)7-10-21(18)33-3)14-5-6-15(11-14)25-35(30,31)17-8-9-19(24)20(13-17)26(28)29/h5-10,12-15,22,25H,4,11H2,1-3H3/t14-,15-,22+/m1/s1. The van der Waals surface area contributed by atoms with Gasteiger partial charge in [-0.1, -0.05) is 23.8 Å². The van der Waals surface area contributed by atoms with E-state index in [1.54, 1.807) is 37.3 Å². The Kier molecular flexibility index (Phi) is 8.36. The highest BCUT2D eigenvalue weighted by Crippen LogP contribution is 2.40. The number of carbonyl (C=O) groups excluding carboxylic acids is 1. The number of methoxy groups -OCH3 is 2. The van der Waals surface area contributed by atoms with Crippen LogP contribution in [0.5, 0.6) is 11.5 Å². The molecular formula is C23H25ClN2O8S. The lowest BCUT2D eigenvalue weighted by Crippen LogP contribution is -2.34. The third kappa shape index (κ3) is 5.92. The quantitative estimate of drug-likeness (QED) is 0.214. The number of esters is 1. The Balaban J connectivity index is 1.87. The third-order valence-electron chi connectivity index (χ3n) is 5.59. The molecule has 3 rings (SSSR count). The van der Waals surface area contributed by atoms with Gasteiger partial charge < -0.3 is 14.2 Å². The molecule has 10 nitrogen and oxygen atoms in total. The Bertz CT molecular complexity index is 1250. The van der Waals surface area contributed by atoms with E-state index in [4.69, 9.17) is 25.8 Å². The molecule has 1 aliphatic rings. The van der Waals surface area contributed by atoms with Crippen molar-refractivity contribution in [2.75, 3.05) is 20.8 Å². The lowest BCUT2D eigenvalue weighted by atomic mass is 9.84. The molecule has 2 aromatic carbocycles. The van der Waals surface area contributed by atoms with Crippen molar-refractivity contribution in [3.63, 3.8) is 0 Å². The van der Waals surface area contributed by atoms with Gasteiger partial charge in [0.1, 0.15) is 16.5 Å². The number of nitrogens with one attached hydrogen (secondary N) is 1. The van der Waals surface area contributed by atoms with Gasteiger partial charge in [-0.25, -0.2) is 13.1 Å². The molecule has 0 aromatic heterocycles. The van der Waals surface area contributed by atoms with E-state index in [2.05, 4.69) is 4.72 Å². The van der Waals surface area contributed by atoms with Crippen molar-refractivity contribution in [2.24, 2.45) is 5.92 Å². The summed E-state index contributed by atoms with van der Waals surface area (Å²) in [5.74, 6) is -0.677. The predicted molar refractivity (Wildman–Crippen MR) is 128 cm³/mol. The third-order valence-corrected chi connectivity index (χ3v) is 7.40. The van der Waals surface area contributed by atoms with Gasteiger partial charge in [-0.2, -0.15) is 0 Å². The molecule has 0 spiro atoms. The van der Waals surface area contributed by atoms with Crippen molar-refractivity contribution >= 4 is 33.3 Å². The molecule has 0 heterocycles. The summed E-state index contributed by atoms with van der Waals surface area (Å²) < 4.78 is 44.4. The highest BCUT2D eigenvalue weighted by Gasteiger charge is 2.37. The summed E-state index contributed by atoms with van der Waals surface area (Å²) in [5.41, 5.74) is 0.0404. The highest BCUT2D eigenvalue weighted by atomic mass is 35.5. The van der Waals surface area contributed by atoms with Crippen molar-refractivity contribution < 1.29 is 32.3 Å². The molecule has 0 bridgehead atoms. The zero-order valence-electron chi connectivity index (χ0n) is 19.3. The topological polar surface area (TPSA) is 134 Å². The summed E-state index contributed by atoms with van der Waals surface area (Å²) in [6.45, 7) is 1.87. The molecule has 35 heavy (non-hydrogen) atoms. The molecule has 2 aromatic rings. The van der Waals surface area contributed by atoms with E-state index in [0.717, 1.165) is 12.1 Å². The lowest BCUT2D eigenvalue weighted by molar-refractivity contribution is -0.384. The van der Waals surface area contributed by atoms with Crippen LogP contribution in [-0.2, 0) is 19.6 Å². The molecule has 0 fully saturated rings. The normalized spacial score (nSPS) is 18.2. The first-order chi connectivity index (χ1) is 16.6.